The van der Waals surface area contributed by atoms with Crippen molar-refractivity contribution in [1.82, 2.24) is 0 Å². The lowest BCUT2D eigenvalue weighted by atomic mass is 9.43. The lowest BCUT2D eigenvalue weighted by molar-refractivity contribution is -0.193. The Morgan fingerprint density at radius 1 is 0.527 bits per heavy atom. The molecule has 12 heteroatoms. The van der Waals surface area contributed by atoms with E-state index in [1.807, 2.05) is 48.5 Å². The molecule has 0 N–H and O–H groups in total. The number of hydrogen-bond acceptors (Lipinski definition) is 12. The maximum absolute atomic E-state index is 14.0. The number of methoxy groups -OCH3 is 2. The van der Waals surface area contributed by atoms with Gasteiger partial charge in [-0.3, -0.25) is 28.8 Å². The Morgan fingerprint density at radius 2 is 0.878 bits per heavy atom. The Kier molecular flexibility index (Phi) is 12.8. The van der Waals surface area contributed by atoms with E-state index in [1.165, 1.54) is 14.2 Å². The van der Waals surface area contributed by atoms with E-state index in [2.05, 4.69) is 41.5 Å². The predicted octanol–water partition coefficient (Wildman–Crippen LogP) is 11.5. The Balaban J connectivity index is 0.000000159. The van der Waals surface area contributed by atoms with E-state index in [9.17, 15) is 28.8 Å². The molecule has 0 radical (unpaired) electrons. The fraction of sp³-hybridized carbons (Fsp3) is 0.710. The number of fused-ring (bicyclic) bond motifs is 12. The molecular weight excluding hydrogens is 937 g/mol. The Labute approximate surface area is 437 Å². The van der Waals surface area contributed by atoms with Crippen LogP contribution >= 0.6 is 0 Å². The molecule has 74 heavy (non-hydrogen) atoms. The van der Waals surface area contributed by atoms with Gasteiger partial charge >= 0.3 is 11.9 Å². The normalized spacial score (nSPS) is 40.1. The quantitative estimate of drug-likeness (QED) is 0.231. The van der Waals surface area contributed by atoms with Crippen LogP contribution in [0, 0.1) is 92.7 Å². The van der Waals surface area contributed by atoms with E-state index in [-0.39, 0.29) is 93.8 Å². The maximum atomic E-state index is 14.0. The third-order valence-electron chi connectivity index (χ3n) is 23.1. The molecule has 0 bridgehead atoms. The van der Waals surface area contributed by atoms with Gasteiger partial charge in [0.2, 0.25) is 0 Å². The van der Waals surface area contributed by atoms with Crippen LogP contribution in [0.15, 0.2) is 48.5 Å². The summed E-state index contributed by atoms with van der Waals surface area (Å²) in [6.45, 7) is 13.3. The highest BCUT2D eigenvalue weighted by Gasteiger charge is 2.70. The molecule has 2 spiro atoms. The molecule has 8 aliphatic carbocycles. The van der Waals surface area contributed by atoms with Crippen molar-refractivity contribution < 1.29 is 57.2 Å². The second-order valence-corrected chi connectivity index (χ2v) is 26.1. The van der Waals surface area contributed by atoms with Gasteiger partial charge in [0, 0.05) is 86.9 Å². The van der Waals surface area contributed by atoms with Gasteiger partial charge in [0.05, 0.1) is 14.2 Å². The first-order chi connectivity index (χ1) is 35.2. The maximum Gasteiger partial charge on any atom is 0.305 e. The second-order valence-electron chi connectivity index (χ2n) is 26.1. The summed E-state index contributed by atoms with van der Waals surface area (Å²) in [7, 11) is 2.84. The number of ether oxygens (including phenoxy) is 6. The van der Waals surface area contributed by atoms with Crippen LogP contribution in [-0.2, 0) is 38.2 Å². The van der Waals surface area contributed by atoms with Gasteiger partial charge in [0.25, 0.3) is 11.6 Å². The molecular formula is C62H80O12. The number of carbonyl (C=O) groups is 6. The lowest BCUT2D eigenvalue weighted by Crippen LogP contribution is -2.62. The first-order valence-electron chi connectivity index (χ1n) is 28.4. The largest absolute Gasteiger partial charge is 0.469 e. The van der Waals surface area contributed by atoms with E-state index in [0.717, 1.165) is 87.2 Å². The third kappa shape index (κ3) is 7.91. The highest BCUT2D eigenvalue weighted by Crippen LogP contribution is 2.70. The molecule has 0 amide bonds. The zero-order valence-corrected chi connectivity index (χ0v) is 45.2. The Bertz CT molecular complexity index is 2380. The summed E-state index contributed by atoms with van der Waals surface area (Å²) in [6, 6.07) is 15.6. The second kappa shape index (κ2) is 18.5. The first kappa shape index (κ1) is 51.4. The van der Waals surface area contributed by atoms with E-state index in [1.54, 1.807) is 0 Å². The molecule has 400 valence electrons. The van der Waals surface area contributed by atoms with Crippen LogP contribution in [0.2, 0.25) is 0 Å². The zero-order chi connectivity index (χ0) is 52.3. The molecule has 10 aliphatic rings. The summed E-state index contributed by atoms with van der Waals surface area (Å²) in [5.74, 6) is 4.22. The Morgan fingerprint density at radius 3 is 1.22 bits per heavy atom. The molecule has 0 saturated heterocycles. The fourth-order valence-corrected chi connectivity index (χ4v) is 18.8. The van der Waals surface area contributed by atoms with Gasteiger partial charge in [-0.15, -0.1) is 0 Å². The van der Waals surface area contributed by atoms with Gasteiger partial charge in [-0.2, -0.15) is 0 Å². The lowest BCUT2D eigenvalue weighted by Gasteiger charge is -2.60. The highest BCUT2D eigenvalue weighted by molar-refractivity contribution is 5.93. The number of para-hydroxylation sites is 4. The van der Waals surface area contributed by atoms with Crippen molar-refractivity contribution in [2.45, 2.75) is 169 Å². The van der Waals surface area contributed by atoms with E-state index >= 15 is 0 Å². The standard InChI is InChI=1S/2C31H40O6/c2*1-18(9-12-27(34)35-4)20-10-11-21-28-22(16-26(33)30(20,21)3)29(2)13-14-31(17-19(29)15-23(28)32)36-24-7-5-6-8-25(24)37-31/h2*5-8,18-22,28H,9-17H2,1-4H3/t2*18-,19-,20-,21+,22+,28+,29+,30-/m11/s1. The SMILES string of the molecule is COC(=O)CC[C@@H](C)[C@H]1CC[C@H]2[C@@H]3C(=O)C[C@@H]4CC5(CC[C@]4(C)[C@H]3CC(=O)[C@]12C)Oc1ccccc1O5.COC(=O)CC[C@@H](C)[C@H]1CC[C@H]2[C@@H]3C(=O)C[C@@H]4CC5(CC[C@]4(C)[C@H]3CC(=O)[C@]12C)Oc1ccccc1O5. The number of ketones is 4. The molecule has 8 saturated carbocycles. The number of rotatable bonds is 8. The molecule has 0 aromatic heterocycles. The number of esters is 2. The number of hydrogen-bond donors (Lipinski definition) is 0. The van der Waals surface area contributed by atoms with Crippen LogP contribution in [0.1, 0.15) is 157 Å². The minimum Gasteiger partial charge on any atom is -0.469 e. The molecule has 0 unspecified atom stereocenters. The van der Waals surface area contributed by atoms with Crippen LogP contribution in [0.5, 0.6) is 23.0 Å². The topological polar surface area (TPSA) is 158 Å². The summed E-state index contributed by atoms with van der Waals surface area (Å²) in [4.78, 5) is 79.4. The molecule has 2 aliphatic heterocycles. The van der Waals surface area contributed by atoms with Gasteiger partial charge in [0.1, 0.15) is 23.1 Å². The van der Waals surface area contributed by atoms with Crippen molar-refractivity contribution in [2.75, 3.05) is 14.2 Å². The molecule has 2 aromatic carbocycles. The van der Waals surface area contributed by atoms with Crippen molar-refractivity contribution in [3.63, 3.8) is 0 Å². The summed E-state index contributed by atoms with van der Waals surface area (Å²) in [6.07, 6.45) is 12.8. The fourth-order valence-electron chi connectivity index (χ4n) is 18.8. The average molecular weight is 1020 g/mol. The predicted molar refractivity (Wildman–Crippen MR) is 274 cm³/mol. The first-order valence-corrected chi connectivity index (χ1v) is 28.4. The smallest absolute Gasteiger partial charge is 0.305 e. The molecule has 16 atom stereocenters. The number of benzene rings is 2. The van der Waals surface area contributed by atoms with Gasteiger partial charge in [-0.1, -0.05) is 65.8 Å². The molecule has 2 aromatic rings. The average Bonchev–Trinajstić information content (AvgIpc) is 4.14. The zero-order valence-electron chi connectivity index (χ0n) is 45.2. The van der Waals surface area contributed by atoms with Crippen LogP contribution in [0.25, 0.3) is 0 Å². The van der Waals surface area contributed by atoms with Crippen molar-refractivity contribution >= 4 is 35.1 Å². The van der Waals surface area contributed by atoms with Crippen LogP contribution in [0.4, 0.5) is 0 Å². The van der Waals surface area contributed by atoms with E-state index in [0.29, 0.717) is 74.5 Å². The minimum absolute atomic E-state index is 0.0431. The van der Waals surface area contributed by atoms with Crippen LogP contribution in [-0.4, -0.2) is 60.9 Å². The van der Waals surface area contributed by atoms with Crippen LogP contribution < -0.4 is 18.9 Å². The summed E-state index contributed by atoms with van der Waals surface area (Å²) >= 11 is 0. The van der Waals surface area contributed by atoms with Crippen molar-refractivity contribution in [3.8, 4) is 23.0 Å². The third-order valence-corrected chi connectivity index (χ3v) is 23.1. The van der Waals surface area contributed by atoms with Crippen molar-refractivity contribution in [3.05, 3.63) is 48.5 Å². The van der Waals surface area contributed by atoms with E-state index in [4.69, 9.17) is 28.4 Å². The molecule has 12 nitrogen and oxygen atoms in total. The van der Waals surface area contributed by atoms with Gasteiger partial charge in [-0.25, -0.2) is 0 Å². The van der Waals surface area contributed by atoms with Crippen molar-refractivity contribution in [2.24, 2.45) is 92.7 Å². The summed E-state index contributed by atoms with van der Waals surface area (Å²) in [5, 5.41) is 0. The summed E-state index contributed by atoms with van der Waals surface area (Å²) in [5.41, 5.74) is -1.11. The van der Waals surface area contributed by atoms with Gasteiger partial charge in [0.15, 0.2) is 23.0 Å². The number of Topliss-reactive ketones (excluding diaryl/α,β-unsaturated/α-hetero) is 4. The summed E-state index contributed by atoms with van der Waals surface area (Å²) < 4.78 is 35.1. The monoisotopic (exact) mass is 1020 g/mol. The Hall–Kier alpha value is -4.74. The molecule has 12 rings (SSSR count). The molecule has 2 heterocycles. The van der Waals surface area contributed by atoms with Gasteiger partial charge < -0.3 is 28.4 Å². The molecule has 8 fully saturated rings. The minimum atomic E-state index is -0.693. The van der Waals surface area contributed by atoms with Crippen LogP contribution in [0.3, 0.4) is 0 Å². The highest BCUT2D eigenvalue weighted by atomic mass is 16.7. The van der Waals surface area contributed by atoms with Crippen molar-refractivity contribution in [1.29, 1.82) is 0 Å². The van der Waals surface area contributed by atoms with Gasteiger partial charge in [-0.05, 0) is 146 Å². The number of carbonyl (C=O) groups excluding carboxylic acids is 6. The van der Waals surface area contributed by atoms with E-state index < -0.39 is 22.4 Å².